The molecule has 2 fully saturated rings. The third kappa shape index (κ3) is 1.92. The van der Waals surface area contributed by atoms with Crippen LogP contribution in [-0.2, 0) is 19.1 Å². The normalized spacial score (nSPS) is 39.4. The first-order chi connectivity index (χ1) is 7.80. The molecule has 2 aliphatic heterocycles. The Balaban J connectivity index is 2.21. The first kappa shape index (κ1) is 12.4. The van der Waals surface area contributed by atoms with Crippen LogP contribution in [0.2, 0.25) is 0 Å². The van der Waals surface area contributed by atoms with Crippen molar-refractivity contribution < 1.29 is 19.1 Å². The Bertz CT molecular complexity index is 366. The van der Waals surface area contributed by atoms with E-state index in [0.717, 1.165) is 6.42 Å². The summed E-state index contributed by atoms with van der Waals surface area (Å²) in [5.74, 6) is -1.33. The Morgan fingerprint density at radius 3 is 2.59 bits per heavy atom. The largest absolute Gasteiger partial charge is 0.468 e. The number of nitrogens with one attached hydrogen (secondary N) is 1. The number of amides is 1. The van der Waals surface area contributed by atoms with Gasteiger partial charge in [0.15, 0.2) is 0 Å². The van der Waals surface area contributed by atoms with E-state index in [-0.39, 0.29) is 17.4 Å². The van der Waals surface area contributed by atoms with Gasteiger partial charge in [-0.15, -0.1) is 0 Å². The fraction of sp³-hybridized carbons (Fsp3) is 0.833. The lowest BCUT2D eigenvalue weighted by Gasteiger charge is -2.29. The first-order valence-electron chi connectivity index (χ1n) is 5.90. The molecule has 96 valence electrons. The molecule has 0 unspecified atom stereocenters. The highest BCUT2D eigenvalue weighted by Gasteiger charge is 2.58. The second-order valence-electron chi connectivity index (χ2n) is 5.63. The molecule has 2 heterocycles. The maximum atomic E-state index is 11.8. The monoisotopic (exact) mass is 241 g/mol. The van der Waals surface area contributed by atoms with Crippen LogP contribution in [0.15, 0.2) is 0 Å². The fourth-order valence-electron chi connectivity index (χ4n) is 3.00. The molecule has 5 nitrogen and oxygen atoms in total. The third-order valence-corrected chi connectivity index (χ3v) is 3.70. The molecule has 1 amide bonds. The molecule has 2 aliphatic rings. The SMILES string of the molecule is COC(=O)[C@@H]1C[C@]2(NC1=O)OC(C)(C)C[C@H]2C. The van der Waals surface area contributed by atoms with Gasteiger partial charge in [0.05, 0.1) is 12.7 Å². The van der Waals surface area contributed by atoms with Crippen LogP contribution in [0.5, 0.6) is 0 Å². The van der Waals surface area contributed by atoms with Gasteiger partial charge in [-0.05, 0) is 20.3 Å². The number of esters is 1. The number of hydrogen-bond acceptors (Lipinski definition) is 4. The zero-order valence-electron chi connectivity index (χ0n) is 10.7. The average molecular weight is 241 g/mol. The van der Waals surface area contributed by atoms with Crippen molar-refractivity contribution in [2.24, 2.45) is 11.8 Å². The number of carbonyl (C=O) groups excluding carboxylic acids is 2. The number of ether oxygens (including phenoxy) is 2. The van der Waals surface area contributed by atoms with E-state index in [1.54, 1.807) is 0 Å². The van der Waals surface area contributed by atoms with Gasteiger partial charge in [0, 0.05) is 12.3 Å². The van der Waals surface area contributed by atoms with Crippen molar-refractivity contribution in [2.75, 3.05) is 7.11 Å². The number of carbonyl (C=O) groups is 2. The summed E-state index contributed by atoms with van der Waals surface area (Å²) in [6.07, 6.45) is 1.23. The van der Waals surface area contributed by atoms with E-state index in [1.807, 2.05) is 20.8 Å². The van der Waals surface area contributed by atoms with Crippen LogP contribution < -0.4 is 5.32 Å². The number of hydrogen-bond donors (Lipinski definition) is 1. The Kier molecular flexibility index (Phi) is 2.69. The molecule has 2 saturated heterocycles. The first-order valence-corrected chi connectivity index (χ1v) is 5.90. The number of methoxy groups -OCH3 is 1. The van der Waals surface area contributed by atoms with Gasteiger partial charge in [0.2, 0.25) is 5.91 Å². The smallest absolute Gasteiger partial charge is 0.318 e. The molecule has 0 radical (unpaired) electrons. The van der Waals surface area contributed by atoms with E-state index in [4.69, 9.17) is 4.74 Å². The predicted octanol–water partition coefficient (Wildman–Crippen LogP) is 0.827. The van der Waals surface area contributed by atoms with E-state index >= 15 is 0 Å². The van der Waals surface area contributed by atoms with Gasteiger partial charge in [-0.25, -0.2) is 0 Å². The summed E-state index contributed by atoms with van der Waals surface area (Å²) in [7, 11) is 1.30. The highest BCUT2D eigenvalue weighted by atomic mass is 16.5. The number of rotatable bonds is 1. The van der Waals surface area contributed by atoms with Gasteiger partial charge in [-0.2, -0.15) is 0 Å². The minimum absolute atomic E-state index is 0.191. The molecular formula is C12H19NO4. The average Bonchev–Trinajstić information content (AvgIpc) is 2.64. The zero-order valence-corrected chi connectivity index (χ0v) is 10.7. The van der Waals surface area contributed by atoms with E-state index < -0.39 is 17.6 Å². The molecule has 2 rings (SSSR count). The Morgan fingerprint density at radius 1 is 1.47 bits per heavy atom. The quantitative estimate of drug-likeness (QED) is 0.545. The summed E-state index contributed by atoms with van der Waals surface area (Å²) < 4.78 is 10.6. The minimum Gasteiger partial charge on any atom is -0.468 e. The summed E-state index contributed by atoms with van der Waals surface area (Å²) in [6.45, 7) is 6.03. The molecule has 0 aromatic carbocycles. The van der Waals surface area contributed by atoms with Gasteiger partial charge in [-0.1, -0.05) is 6.92 Å². The van der Waals surface area contributed by atoms with Gasteiger partial charge in [0.1, 0.15) is 11.6 Å². The predicted molar refractivity (Wildman–Crippen MR) is 59.9 cm³/mol. The third-order valence-electron chi connectivity index (χ3n) is 3.70. The van der Waals surface area contributed by atoms with Crippen LogP contribution in [-0.4, -0.2) is 30.3 Å². The van der Waals surface area contributed by atoms with Crippen LogP contribution in [0.1, 0.15) is 33.6 Å². The fourth-order valence-corrected chi connectivity index (χ4v) is 3.00. The van der Waals surface area contributed by atoms with Gasteiger partial charge >= 0.3 is 5.97 Å². The van der Waals surface area contributed by atoms with Crippen molar-refractivity contribution in [3.63, 3.8) is 0 Å². The summed E-state index contributed by atoms with van der Waals surface area (Å²) in [6, 6.07) is 0. The Morgan fingerprint density at radius 2 is 2.12 bits per heavy atom. The topological polar surface area (TPSA) is 64.6 Å². The molecular weight excluding hydrogens is 222 g/mol. The van der Waals surface area contributed by atoms with Crippen molar-refractivity contribution in [2.45, 2.75) is 44.9 Å². The highest BCUT2D eigenvalue weighted by molar-refractivity contribution is 5.99. The van der Waals surface area contributed by atoms with Crippen molar-refractivity contribution >= 4 is 11.9 Å². The van der Waals surface area contributed by atoms with E-state index in [2.05, 4.69) is 10.1 Å². The second-order valence-corrected chi connectivity index (χ2v) is 5.63. The molecule has 17 heavy (non-hydrogen) atoms. The van der Waals surface area contributed by atoms with Crippen LogP contribution >= 0.6 is 0 Å². The Labute approximate surface area is 101 Å². The Hall–Kier alpha value is -1.10. The molecule has 0 aliphatic carbocycles. The maximum absolute atomic E-state index is 11.8. The summed E-state index contributed by atoms with van der Waals surface area (Å²) in [5.41, 5.74) is -0.961. The molecule has 1 spiro atoms. The maximum Gasteiger partial charge on any atom is 0.318 e. The highest BCUT2D eigenvalue weighted by Crippen LogP contribution is 2.46. The summed E-state index contributed by atoms with van der Waals surface area (Å²) in [4.78, 5) is 23.3. The van der Waals surface area contributed by atoms with Crippen LogP contribution in [0.25, 0.3) is 0 Å². The molecule has 5 heteroatoms. The van der Waals surface area contributed by atoms with Crippen molar-refractivity contribution in [3.05, 3.63) is 0 Å². The van der Waals surface area contributed by atoms with Crippen LogP contribution in [0.4, 0.5) is 0 Å². The summed E-state index contributed by atoms with van der Waals surface area (Å²) in [5, 5.41) is 2.84. The van der Waals surface area contributed by atoms with Crippen molar-refractivity contribution in [1.82, 2.24) is 5.32 Å². The molecule has 0 aromatic rings. The molecule has 3 atom stereocenters. The van der Waals surface area contributed by atoms with Crippen molar-refractivity contribution in [1.29, 1.82) is 0 Å². The van der Waals surface area contributed by atoms with E-state index in [1.165, 1.54) is 7.11 Å². The van der Waals surface area contributed by atoms with E-state index in [9.17, 15) is 9.59 Å². The lowest BCUT2D eigenvalue weighted by atomic mass is 9.89. The summed E-state index contributed by atoms with van der Waals surface area (Å²) >= 11 is 0. The van der Waals surface area contributed by atoms with Gasteiger partial charge in [0.25, 0.3) is 0 Å². The zero-order chi connectivity index (χ0) is 12.8. The van der Waals surface area contributed by atoms with Crippen LogP contribution in [0.3, 0.4) is 0 Å². The lowest BCUT2D eigenvalue weighted by molar-refractivity contribution is -0.149. The van der Waals surface area contributed by atoms with E-state index in [0.29, 0.717) is 6.42 Å². The molecule has 1 N–H and O–H groups in total. The second kappa shape index (κ2) is 3.70. The minimum atomic E-state index is -0.739. The molecule has 0 saturated carbocycles. The van der Waals surface area contributed by atoms with Crippen molar-refractivity contribution in [3.8, 4) is 0 Å². The molecule has 0 bridgehead atoms. The van der Waals surface area contributed by atoms with Gasteiger partial charge < -0.3 is 14.8 Å². The van der Waals surface area contributed by atoms with Crippen LogP contribution in [0, 0.1) is 11.8 Å². The standard InChI is InChI=1S/C12H19NO4/c1-7-5-11(2,3)17-12(7)6-8(9(14)13-12)10(15)16-4/h7-8H,5-6H2,1-4H3,(H,13,14)/t7-,8-,12+/m1/s1. The lowest BCUT2D eigenvalue weighted by Crippen LogP contribution is -2.46. The van der Waals surface area contributed by atoms with Gasteiger partial charge in [-0.3, -0.25) is 9.59 Å². The molecule has 0 aromatic heterocycles.